The van der Waals surface area contributed by atoms with Crippen LogP contribution in [0.4, 0.5) is 0 Å². The Hall–Kier alpha value is -0.100. The van der Waals surface area contributed by atoms with E-state index >= 15 is 0 Å². The van der Waals surface area contributed by atoms with E-state index in [0.717, 1.165) is 17.6 Å². The fraction of sp³-hybridized carbons (Fsp3) is 0.571. The number of likely N-dealkylation sites (N-methyl/N-ethyl adjacent to an activating group) is 1. The summed E-state index contributed by atoms with van der Waals surface area (Å²) >= 11 is 2.23. The molecule has 0 unspecified atom stereocenters. The Balaban J connectivity index is 3.43. The van der Waals surface area contributed by atoms with Crippen molar-refractivity contribution in [2.24, 2.45) is 0 Å². The number of nitrogens with zero attached hydrogens (tertiary/aromatic N) is 1. The predicted molar refractivity (Wildman–Crippen MR) is 54.7 cm³/mol. The van der Waals surface area contributed by atoms with E-state index in [0.29, 0.717) is 0 Å². The van der Waals surface area contributed by atoms with Crippen LogP contribution >= 0.6 is 22.6 Å². The van der Waals surface area contributed by atoms with Gasteiger partial charge in [0.05, 0.1) is 0 Å². The summed E-state index contributed by atoms with van der Waals surface area (Å²) in [6, 6.07) is 0. The summed E-state index contributed by atoms with van der Waals surface area (Å²) in [7, 11) is 1.76. The second kappa shape index (κ2) is 6.60. The Morgan fingerprint density at radius 2 is 2.45 bits per heavy atom. The van der Waals surface area contributed by atoms with Crippen LogP contribution in [-0.2, 0) is 4.79 Å². The third-order valence-electron chi connectivity index (χ3n) is 1.27. The van der Waals surface area contributed by atoms with E-state index in [4.69, 9.17) is 0 Å². The number of carbonyl (C=O) groups is 1. The number of carbonyl (C=O) groups excluding carboxylic acids is 1. The van der Waals surface area contributed by atoms with Crippen LogP contribution in [0.5, 0.6) is 0 Å². The van der Waals surface area contributed by atoms with Crippen molar-refractivity contribution in [2.45, 2.75) is 0 Å². The first-order valence-corrected chi connectivity index (χ1v) is 4.89. The molecule has 64 valence electrons. The molecule has 0 saturated carbocycles. The van der Waals surface area contributed by atoms with E-state index in [9.17, 15) is 4.79 Å². The molecule has 0 aromatic heterocycles. The van der Waals surface area contributed by atoms with Crippen LogP contribution in [0.15, 0.2) is 12.7 Å². The Bertz CT molecular complexity index is 138. The third kappa shape index (κ3) is 5.20. The average molecular weight is 268 g/mol. The molecule has 1 amide bonds. The fourth-order valence-corrected chi connectivity index (χ4v) is 0.961. The molecule has 0 bridgehead atoms. The van der Waals surface area contributed by atoms with Crippen LogP contribution in [-0.4, -0.2) is 35.5 Å². The average Bonchev–Trinajstić information content (AvgIpc) is 2.03. The maximum Gasteiger partial charge on any atom is 0.245 e. The van der Waals surface area contributed by atoms with E-state index < -0.39 is 0 Å². The van der Waals surface area contributed by atoms with Gasteiger partial charge < -0.3 is 10.2 Å². The maximum absolute atomic E-state index is 10.9. The molecular weight excluding hydrogens is 255 g/mol. The second-order valence-corrected chi connectivity index (χ2v) is 2.86. The minimum Gasteiger partial charge on any atom is -0.341 e. The SMILES string of the molecule is C=CC(=O)N(C)CCNCI. The van der Waals surface area contributed by atoms with Crippen LogP contribution in [0.25, 0.3) is 0 Å². The first kappa shape index (κ1) is 10.9. The molecule has 0 radical (unpaired) electrons. The highest BCUT2D eigenvalue weighted by Crippen LogP contribution is 1.83. The highest BCUT2D eigenvalue weighted by atomic mass is 127. The molecule has 0 heterocycles. The summed E-state index contributed by atoms with van der Waals surface area (Å²) in [6.07, 6.45) is 1.32. The first-order valence-electron chi connectivity index (χ1n) is 3.36. The number of hydrogen-bond donors (Lipinski definition) is 1. The minimum absolute atomic E-state index is 0.0275. The van der Waals surface area contributed by atoms with Crippen molar-refractivity contribution in [1.82, 2.24) is 10.2 Å². The summed E-state index contributed by atoms with van der Waals surface area (Å²) in [6.45, 7) is 4.96. The second-order valence-electron chi connectivity index (χ2n) is 2.10. The van der Waals surface area contributed by atoms with Crippen molar-refractivity contribution in [1.29, 1.82) is 0 Å². The van der Waals surface area contributed by atoms with Gasteiger partial charge in [0, 0.05) is 24.7 Å². The quantitative estimate of drug-likeness (QED) is 0.260. The monoisotopic (exact) mass is 268 g/mol. The van der Waals surface area contributed by atoms with Gasteiger partial charge >= 0.3 is 0 Å². The smallest absolute Gasteiger partial charge is 0.245 e. The molecule has 11 heavy (non-hydrogen) atoms. The van der Waals surface area contributed by atoms with Crippen LogP contribution in [0.1, 0.15) is 0 Å². The van der Waals surface area contributed by atoms with Gasteiger partial charge in [0.1, 0.15) is 0 Å². The number of rotatable bonds is 5. The Morgan fingerprint density at radius 1 is 1.82 bits per heavy atom. The van der Waals surface area contributed by atoms with Gasteiger partial charge in [0.25, 0.3) is 0 Å². The lowest BCUT2D eigenvalue weighted by atomic mass is 10.5. The molecule has 0 aromatic carbocycles. The number of halogens is 1. The molecule has 0 aliphatic carbocycles. The van der Waals surface area contributed by atoms with Gasteiger partial charge in [0.15, 0.2) is 0 Å². The molecule has 0 aliphatic heterocycles. The summed E-state index contributed by atoms with van der Waals surface area (Å²) in [5.74, 6) is -0.0275. The molecule has 0 rings (SSSR count). The number of nitrogens with one attached hydrogen (secondary N) is 1. The van der Waals surface area contributed by atoms with Gasteiger partial charge in [-0.15, -0.1) is 0 Å². The van der Waals surface area contributed by atoms with Crippen LogP contribution in [0, 0.1) is 0 Å². The van der Waals surface area contributed by atoms with Crippen molar-refractivity contribution >= 4 is 28.5 Å². The van der Waals surface area contributed by atoms with E-state index in [1.54, 1.807) is 11.9 Å². The van der Waals surface area contributed by atoms with Crippen molar-refractivity contribution in [3.63, 3.8) is 0 Å². The lowest BCUT2D eigenvalue weighted by Crippen LogP contribution is -2.32. The zero-order valence-corrected chi connectivity index (χ0v) is 8.80. The molecule has 0 fully saturated rings. The molecule has 3 nitrogen and oxygen atoms in total. The zero-order valence-electron chi connectivity index (χ0n) is 6.64. The first-order chi connectivity index (χ1) is 5.22. The molecule has 0 aliphatic rings. The van der Waals surface area contributed by atoms with Crippen molar-refractivity contribution in [3.8, 4) is 0 Å². The predicted octanol–water partition coefficient (Wildman–Crippen LogP) is 0.613. The Kier molecular flexibility index (Phi) is 6.54. The van der Waals surface area contributed by atoms with Gasteiger partial charge in [-0.25, -0.2) is 0 Å². The Morgan fingerprint density at radius 3 is 2.91 bits per heavy atom. The van der Waals surface area contributed by atoms with E-state index in [-0.39, 0.29) is 5.91 Å². The van der Waals surface area contributed by atoms with Crippen molar-refractivity contribution < 1.29 is 4.79 Å². The maximum atomic E-state index is 10.9. The molecule has 1 N–H and O–H groups in total. The van der Waals surface area contributed by atoms with Crippen molar-refractivity contribution in [3.05, 3.63) is 12.7 Å². The summed E-state index contributed by atoms with van der Waals surface area (Å²) < 4.78 is 0.911. The minimum atomic E-state index is -0.0275. The molecule has 4 heteroatoms. The fourth-order valence-electron chi connectivity index (χ4n) is 0.580. The Labute approximate surface area is 81.0 Å². The van der Waals surface area contributed by atoms with E-state index in [1.165, 1.54) is 6.08 Å². The standard InChI is InChI=1S/C7H13IN2O/c1-3-7(11)10(2)5-4-9-6-8/h3,9H,1,4-6H2,2H3. The van der Waals surface area contributed by atoms with Crippen LogP contribution in [0.2, 0.25) is 0 Å². The number of amides is 1. The largest absolute Gasteiger partial charge is 0.341 e. The number of alkyl halides is 1. The highest BCUT2D eigenvalue weighted by molar-refractivity contribution is 14.1. The van der Waals surface area contributed by atoms with Gasteiger partial charge in [-0.3, -0.25) is 4.79 Å². The molecule has 0 aromatic rings. The van der Waals surface area contributed by atoms with E-state index in [2.05, 4.69) is 34.5 Å². The highest BCUT2D eigenvalue weighted by Gasteiger charge is 2.01. The molecule has 0 saturated heterocycles. The summed E-state index contributed by atoms with van der Waals surface area (Å²) in [5.41, 5.74) is 0. The van der Waals surface area contributed by atoms with Gasteiger partial charge in [-0.05, 0) is 6.08 Å². The molecule has 0 spiro atoms. The summed E-state index contributed by atoms with van der Waals surface area (Å²) in [5, 5.41) is 3.12. The van der Waals surface area contributed by atoms with E-state index in [1.807, 2.05) is 0 Å². The summed E-state index contributed by atoms with van der Waals surface area (Å²) in [4.78, 5) is 12.5. The molecular formula is C7H13IN2O. The van der Waals surface area contributed by atoms with Gasteiger partial charge in [-0.2, -0.15) is 0 Å². The van der Waals surface area contributed by atoms with Gasteiger partial charge in [0.2, 0.25) is 5.91 Å². The molecule has 0 atom stereocenters. The normalized spacial score (nSPS) is 9.27. The number of hydrogen-bond acceptors (Lipinski definition) is 2. The topological polar surface area (TPSA) is 32.3 Å². The van der Waals surface area contributed by atoms with Gasteiger partial charge in [-0.1, -0.05) is 29.2 Å². The van der Waals surface area contributed by atoms with Crippen LogP contribution < -0.4 is 5.32 Å². The lowest BCUT2D eigenvalue weighted by Gasteiger charge is -2.14. The third-order valence-corrected chi connectivity index (χ3v) is 1.81. The van der Waals surface area contributed by atoms with Crippen LogP contribution in [0.3, 0.4) is 0 Å². The zero-order chi connectivity index (χ0) is 8.69. The lowest BCUT2D eigenvalue weighted by molar-refractivity contribution is -0.124. The van der Waals surface area contributed by atoms with Crippen molar-refractivity contribution in [2.75, 3.05) is 24.7 Å².